The van der Waals surface area contributed by atoms with E-state index < -0.39 is 0 Å². The molecule has 1 N–H and O–H groups in total. The number of benzene rings is 1. The molecule has 0 heterocycles. The lowest BCUT2D eigenvalue weighted by Gasteiger charge is -2.27. The molecule has 0 aromatic heterocycles. The Morgan fingerprint density at radius 3 is 2.35 bits per heavy atom. The van der Waals surface area contributed by atoms with Crippen LogP contribution in [0.5, 0.6) is 0 Å². The minimum atomic E-state index is 0.667. The monoisotopic (exact) mass is 296 g/mol. The van der Waals surface area contributed by atoms with Crippen LogP contribution < -0.4 is 10.2 Å². The molecular formula is C17H29ClN2. The zero-order valence-corrected chi connectivity index (χ0v) is 14.1. The van der Waals surface area contributed by atoms with Gasteiger partial charge in [0.05, 0.1) is 0 Å². The van der Waals surface area contributed by atoms with E-state index in [1.807, 2.05) is 6.07 Å². The minimum Gasteiger partial charge on any atom is -0.371 e. The SMILES string of the molecule is CCCN(CCC)c1ccc(Cl)cc1CNCC(C)C. The molecule has 114 valence electrons. The van der Waals surface area contributed by atoms with Crippen molar-refractivity contribution in [3.05, 3.63) is 28.8 Å². The van der Waals surface area contributed by atoms with Crippen molar-refractivity contribution in [1.82, 2.24) is 5.32 Å². The molecule has 2 nitrogen and oxygen atoms in total. The summed E-state index contributed by atoms with van der Waals surface area (Å²) in [6.07, 6.45) is 2.34. The van der Waals surface area contributed by atoms with Crippen molar-refractivity contribution in [3.63, 3.8) is 0 Å². The maximum absolute atomic E-state index is 6.17. The highest BCUT2D eigenvalue weighted by molar-refractivity contribution is 6.30. The number of halogens is 1. The van der Waals surface area contributed by atoms with Crippen molar-refractivity contribution in [2.24, 2.45) is 5.92 Å². The van der Waals surface area contributed by atoms with Crippen LogP contribution in [0, 0.1) is 5.92 Å². The first kappa shape index (κ1) is 17.3. The fourth-order valence-electron chi connectivity index (χ4n) is 2.39. The lowest BCUT2D eigenvalue weighted by Crippen LogP contribution is -2.27. The summed E-state index contributed by atoms with van der Waals surface area (Å²) in [6.45, 7) is 13.0. The van der Waals surface area contributed by atoms with Crippen molar-refractivity contribution < 1.29 is 0 Å². The first-order chi connectivity index (χ1) is 9.58. The average Bonchev–Trinajstić information content (AvgIpc) is 2.38. The van der Waals surface area contributed by atoms with Crippen LogP contribution in [-0.4, -0.2) is 19.6 Å². The fraction of sp³-hybridized carbons (Fsp3) is 0.647. The van der Waals surface area contributed by atoms with Gasteiger partial charge in [-0.25, -0.2) is 0 Å². The van der Waals surface area contributed by atoms with E-state index in [4.69, 9.17) is 11.6 Å². The first-order valence-corrected chi connectivity index (χ1v) is 8.20. The predicted octanol–water partition coefficient (Wildman–Crippen LogP) is 4.71. The van der Waals surface area contributed by atoms with Crippen LogP contribution in [0.15, 0.2) is 18.2 Å². The van der Waals surface area contributed by atoms with Gasteiger partial charge in [0.15, 0.2) is 0 Å². The van der Waals surface area contributed by atoms with Crippen molar-refractivity contribution in [2.75, 3.05) is 24.5 Å². The zero-order valence-electron chi connectivity index (χ0n) is 13.4. The summed E-state index contributed by atoms with van der Waals surface area (Å²) in [7, 11) is 0. The summed E-state index contributed by atoms with van der Waals surface area (Å²) in [4.78, 5) is 2.47. The smallest absolute Gasteiger partial charge is 0.0412 e. The van der Waals surface area contributed by atoms with Gasteiger partial charge < -0.3 is 10.2 Å². The van der Waals surface area contributed by atoms with Gasteiger partial charge in [0.25, 0.3) is 0 Å². The Kier molecular flexibility index (Phi) is 8.01. The molecule has 0 fully saturated rings. The number of nitrogens with zero attached hydrogens (tertiary/aromatic N) is 1. The molecule has 0 saturated heterocycles. The van der Waals surface area contributed by atoms with Gasteiger partial charge in [-0.3, -0.25) is 0 Å². The maximum Gasteiger partial charge on any atom is 0.0412 e. The van der Waals surface area contributed by atoms with E-state index in [0.717, 1.165) is 31.2 Å². The van der Waals surface area contributed by atoms with Gasteiger partial charge in [0, 0.05) is 30.3 Å². The lowest BCUT2D eigenvalue weighted by atomic mass is 10.1. The highest BCUT2D eigenvalue weighted by Crippen LogP contribution is 2.25. The second-order valence-corrected chi connectivity index (χ2v) is 6.22. The third kappa shape index (κ3) is 5.72. The highest BCUT2D eigenvalue weighted by Gasteiger charge is 2.10. The zero-order chi connectivity index (χ0) is 15.0. The van der Waals surface area contributed by atoms with Crippen LogP contribution in [-0.2, 0) is 6.54 Å². The molecule has 0 bridgehead atoms. The molecule has 1 rings (SSSR count). The van der Waals surface area contributed by atoms with E-state index in [1.165, 1.54) is 24.1 Å². The average molecular weight is 297 g/mol. The molecular weight excluding hydrogens is 268 g/mol. The third-order valence-electron chi connectivity index (χ3n) is 3.24. The van der Waals surface area contributed by atoms with E-state index in [-0.39, 0.29) is 0 Å². The van der Waals surface area contributed by atoms with E-state index >= 15 is 0 Å². The summed E-state index contributed by atoms with van der Waals surface area (Å²) in [5.41, 5.74) is 2.63. The van der Waals surface area contributed by atoms with Gasteiger partial charge in [0.1, 0.15) is 0 Å². The fourth-order valence-corrected chi connectivity index (χ4v) is 2.59. The Labute approximate surface area is 129 Å². The van der Waals surface area contributed by atoms with Crippen LogP contribution in [0.1, 0.15) is 46.1 Å². The molecule has 0 aliphatic rings. The number of hydrogen-bond acceptors (Lipinski definition) is 2. The largest absolute Gasteiger partial charge is 0.371 e. The van der Waals surface area contributed by atoms with Gasteiger partial charge in [0.2, 0.25) is 0 Å². The van der Waals surface area contributed by atoms with Crippen molar-refractivity contribution in [1.29, 1.82) is 0 Å². The molecule has 0 aliphatic heterocycles. The molecule has 1 aromatic rings. The van der Waals surface area contributed by atoms with Crippen LogP contribution in [0.3, 0.4) is 0 Å². The molecule has 1 aromatic carbocycles. The summed E-state index contributed by atoms with van der Waals surface area (Å²) in [5.74, 6) is 0.667. The summed E-state index contributed by atoms with van der Waals surface area (Å²) in [6, 6.07) is 6.27. The molecule has 0 unspecified atom stereocenters. The van der Waals surface area contributed by atoms with Gasteiger partial charge in [-0.15, -0.1) is 0 Å². The van der Waals surface area contributed by atoms with Gasteiger partial charge in [-0.05, 0) is 49.1 Å². The number of hydrogen-bond donors (Lipinski definition) is 1. The second-order valence-electron chi connectivity index (χ2n) is 5.78. The van der Waals surface area contributed by atoms with Crippen LogP contribution >= 0.6 is 11.6 Å². The molecule has 0 amide bonds. The molecule has 0 atom stereocenters. The molecule has 20 heavy (non-hydrogen) atoms. The highest BCUT2D eigenvalue weighted by atomic mass is 35.5. The van der Waals surface area contributed by atoms with Gasteiger partial charge in [-0.2, -0.15) is 0 Å². The van der Waals surface area contributed by atoms with E-state index in [0.29, 0.717) is 5.92 Å². The summed E-state index contributed by atoms with van der Waals surface area (Å²) >= 11 is 6.17. The van der Waals surface area contributed by atoms with E-state index in [9.17, 15) is 0 Å². The van der Waals surface area contributed by atoms with Crippen molar-refractivity contribution in [2.45, 2.75) is 47.1 Å². The number of nitrogens with one attached hydrogen (secondary N) is 1. The van der Waals surface area contributed by atoms with Crippen molar-refractivity contribution in [3.8, 4) is 0 Å². The van der Waals surface area contributed by atoms with Gasteiger partial charge in [-0.1, -0.05) is 39.3 Å². The van der Waals surface area contributed by atoms with Crippen LogP contribution in [0.2, 0.25) is 5.02 Å². The van der Waals surface area contributed by atoms with Crippen LogP contribution in [0.25, 0.3) is 0 Å². The van der Waals surface area contributed by atoms with Crippen molar-refractivity contribution >= 4 is 17.3 Å². The van der Waals surface area contributed by atoms with Crippen LogP contribution in [0.4, 0.5) is 5.69 Å². The molecule has 0 radical (unpaired) electrons. The van der Waals surface area contributed by atoms with E-state index in [1.54, 1.807) is 0 Å². The Balaban J connectivity index is 2.86. The van der Waals surface area contributed by atoms with E-state index in [2.05, 4.69) is 50.0 Å². The summed E-state index contributed by atoms with van der Waals surface area (Å²) < 4.78 is 0. The second kappa shape index (κ2) is 9.25. The number of anilines is 1. The topological polar surface area (TPSA) is 15.3 Å². The Bertz CT molecular complexity index is 385. The molecule has 0 spiro atoms. The predicted molar refractivity (Wildman–Crippen MR) is 90.8 cm³/mol. The normalized spacial score (nSPS) is 11.1. The summed E-state index contributed by atoms with van der Waals surface area (Å²) in [5, 5.41) is 4.34. The maximum atomic E-state index is 6.17. The molecule has 3 heteroatoms. The van der Waals surface area contributed by atoms with Gasteiger partial charge >= 0.3 is 0 Å². The Hall–Kier alpha value is -0.730. The quantitative estimate of drug-likeness (QED) is 0.710. The molecule has 0 aliphatic carbocycles. The first-order valence-electron chi connectivity index (χ1n) is 7.82. The molecule has 0 saturated carbocycles. The Morgan fingerprint density at radius 2 is 1.80 bits per heavy atom. The number of rotatable bonds is 9. The standard InChI is InChI=1S/C17H29ClN2/c1-5-9-20(10-6-2)17-8-7-16(18)11-15(17)13-19-12-14(3)4/h7-8,11,14,19H,5-6,9-10,12-13H2,1-4H3. The Morgan fingerprint density at radius 1 is 1.15 bits per heavy atom. The third-order valence-corrected chi connectivity index (χ3v) is 3.47. The minimum absolute atomic E-state index is 0.667. The lowest BCUT2D eigenvalue weighted by molar-refractivity contribution is 0.551.